The molecule has 4 rings (SSSR count). The van der Waals surface area contributed by atoms with E-state index in [4.69, 9.17) is 24.5 Å². The molecule has 0 spiro atoms. The van der Waals surface area contributed by atoms with Crippen LogP contribution in [-0.2, 0) is 31.7 Å². The number of pyridine rings is 1. The minimum absolute atomic E-state index is 0.277. The van der Waals surface area contributed by atoms with Gasteiger partial charge in [0.1, 0.15) is 23.1 Å². The molecule has 0 saturated carbocycles. The second-order valence-electron chi connectivity index (χ2n) is 9.78. The van der Waals surface area contributed by atoms with Gasteiger partial charge >= 0.3 is 13.7 Å². The summed E-state index contributed by atoms with van der Waals surface area (Å²) < 4.78 is 33.3. The van der Waals surface area contributed by atoms with E-state index < -0.39 is 25.9 Å². The molecule has 0 amide bonds. The predicted molar refractivity (Wildman–Crippen MR) is 156 cm³/mol. The van der Waals surface area contributed by atoms with E-state index in [1.165, 1.54) is 0 Å². The Bertz CT molecular complexity index is 1510. The number of anilines is 1. The van der Waals surface area contributed by atoms with Gasteiger partial charge in [-0.1, -0.05) is 43.3 Å². The van der Waals surface area contributed by atoms with Crippen molar-refractivity contribution < 1.29 is 23.1 Å². The van der Waals surface area contributed by atoms with Gasteiger partial charge in [-0.3, -0.25) is 9.32 Å². The number of para-hydroxylation sites is 2. The van der Waals surface area contributed by atoms with Crippen LogP contribution in [-0.4, -0.2) is 45.3 Å². The van der Waals surface area contributed by atoms with Gasteiger partial charge in [-0.25, -0.2) is 14.5 Å². The Balaban J connectivity index is 1.68. The molecule has 214 valence electrons. The molecule has 0 radical (unpaired) electrons. The summed E-state index contributed by atoms with van der Waals surface area (Å²) in [5, 5.41) is 6.95. The summed E-state index contributed by atoms with van der Waals surface area (Å²) in [7, 11) is -4.06. The smallest absolute Gasteiger partial charge is 0.459 e. The number of fused-ring (bicyclic) bond motifs is 3. The average molecular weight is 569 g/mol. The maximum absolute atomic E-state index is 14.1. The summed E-state index contributed by atoms with van der Waals surface area (Å²) in [4.78, 5) is 21.8. The molecule has 0 bridgehead atoms. The minimum Gasteiger partial charge on any atom is -0.462 e. The monoisotopic (exact) mass is 568 g/mol. The van der Waals surface area contributed by atoms with E-state index >= 15 is 0 Å². The second-order valence-corrected chi connectivity index (χ2v) is 11.4. The number of rotatable bonds is 13. The summed E-state index contributed by atoms with van der Waals surface area (Å²) in [5.41, 5.74) is 8.46. The zero-order valence-corrected chi connectivity index (χ0v) is 24.4. The number of imidazole rings is 1. The number of nitrogens with two attached hydrogens (primary N) is 1. The first kappa shape index (κ1) is 29.5. The van der Waals surface area contributed by atoms with Gasteiger partial charge in [-0.2, -0.15) is 5.09 Å². The van der Waals surface area contributed by atoms with Crippen molar-refractivity contribution >= 4 is 41.5 Å². The molecule has 0 unspecified atom stereocenters. The molecule has 0 aliphatic heterocycles. The number of nitrogen functional groups attached to an aromatic ring is 1. The summed E-state index contributed by atoms with van der Waals surface area (Å²) in [5.74, 6) is 0.834. The molecule has 0 aliphatic carbocycles. The second kappa shape index (κ2) is 12.8. The molecule has 11 nitrogen and oxygen atoms in total. The molecule has 4 N–H and O–H groups in total. The highest BCUT2D eigenvalue weighted by atomic mass is 31.2. The van der Waals surface area contributed by atoms with Crippen LogP contribution in [0.1, 0.15) is 40.4 Å². The summed E-state index contributed by atoms with van der Waals surface area (Å²) >= 11 is 0. The Hall–Kier alpha value is -3.50. The largest absolute Gasteiger partial charge is 0.462 e. The SMILES string of the molecule is CCNCc1nc2c(N)nc3ccccc3c2n1C[C@H](C)O[P@@](=O)(N[C@H](C)C(=O)OC(C)C)Oc1ccccc1. The Morgan fingerprint density at radius 1 is 1.05 bits per heavy atom. The quantitative estimate of drug-likeness (QED) is 0.152. The highest BCUT2D eigenvalue weighted by molar-refractivity contribution is 7.52. The number of ether oxygens (including phenoxy) is 1. The predicted octanol–water partition coefficient (Wildman–Crippen LogP) is 4.80. The van der Waals surface area contributed by atoms with Crippen molar-refractivity contribution in [2.24, 2.45) is 0 Å². The van der Waals surface area contributed by atoms with E-state index in [1.54, 1.807) is 52.0 Å². The van der Waals surface area contributed by atoms with Crippen LogP contribution in [0.3, 0.4) is 0 Å². The number of carbonyl (C=O) groups excluding carboxylic acids is 1. The third-order valence-electron chi connectivity index (χ3n) is 6.01. The van der Waals surface area contributed by atoms with Gasteiger partial charge in [0.2, 0.25) is 0 Å². The van der Waals surface area contributed by atoms with Gasteiger partial charge in [-0.05, 0) is 52.4 Å². The highest BCUT2D eigenvalue weighted by Crippen LogP contribution is 2.46. The zero-order chi connectivity index (χ0) is 28.9. The fraction of sp³-hybridized carbons (Fsp3) is 0.393. The van der Waals surface area contributed by atoms with Crippen LogP contribution < -0.4 is 20.7 Å². The molecule has 2 heterocycles. The molecule has 0 saturated heterocycles. The lowest BCUT2D eigenvalue weighted by Gasteiger charge is -2.26. The molecule has 0 fully saturated rings. The number of nitrogens with one attached hydrogen (secondary N) is 2. The lowest BCUT2D eigenvalue weighted by atomic mass is 10.2. The normalized spacial score (nSPS) is 14.8. The van der Waals surface area contributed by atoms with E-state index in [1.807, 2.05) is 41.8 Å². The Morgan fingerprint density at radius 2 is 1.75 bits per heavy atom. The van der Waals surface area contributed by atoms with Crippen LogP contribution >= 0.6 is 7.75 Å². The van der Waals surface area contributed by atoms with Gasteiger partial charge in [0, 0.05) is 5.39 Å². The van der Waals surface area contributed by atoms with E-state index in [0.717, 1.165) is 28.8 Å². The zero-order valence-electron chi connectivity index (χ0n) is 23.5. The average Bonchev–Trinajstić information content (AvgIpc) is 3.26. The van der Waals surface area contributed by atoms with Gasteiger partial charge < -0.3 is 24.9 Å². The minimum atomic E-state index is -4.06. The number of carbonyl (C=O) groups is 1. The summed E-state index contributed by atoms with van der Waals surface area (Å²) in [6.07, 6.45) is -0.964. The van der Waals surface area contributed by atoms with Crippen LogP contribution in [0.4, 0.5) is 5.82 Å². The molecule has 2 aromatic heterocycles. The molecular formula is C28H37N6O5P. The van der Waals surface area contributed by atoms with Crippen molar-refractivity contribution in [3.63, 3.8) is 0 Å². The summed E-state index contributed by atoms with van der Waals surface area (Å²) in [6.45, 7) is 10.4. The summed E-state index contributed by atoms with van der Waals surface area (Å²) in [6, 6.07) is 15.4. The number of aromatic nitrogens is 3. The standard InChI is InChI=1S/C28H37N6O5P/c1-6-30-16-24-32-25-26(22-14-10-11-15-23(22)31-27(25)29)34(24)17-19(4)38-40(36,39-21-12-8-7-9-13-21)33-20(5)28(35)37-18(2)3/h7-15,18-20,30H,6,16-17H2,1-5H3,(H2,29,31)(H,33,36)/t19-,20+,40-/m0/s1. The number of benzene rings is 2. The first-order valence-electron chi connectivity index (χ1n) is 13.4. The van der Waals surface area contributed by atoms with Crippen molar-refractivity contribution in [2.75, 3.05) is 12.3 Å². The molecule has 12 heteroatoms. The molecule has 2 aromatic carbocycles. The molecule has 0 aliphatic rings. The number of esters is 1. The Labute approximate surface area is 234 Å². The number of nitrogens with zero attached hydrogens (tertiary/aromatic N) is 3. The number of hydrogen-bond acceptors (Lipinski definition) is 9. The van der Waals surface area contributed by atoms with Crippen LogP contribution in [0, 0.1) is 0 Å². The van der Waals surface area contributed by atoms with E-state index in [9.17, 15) is 9.36 Å². The fourth-order valence-corrected chi connectivity index (χ4v) is 6.00. The molecular weight excluding hydrogens is 531 g/mol. The number of hydrogen-bond donors (Lipinski definition) is 3. The first-order chi connectivity index (χ1) is 19.1. The van der Waals surface area contributed by atoms with Crippen molar-refractivity contribution in [1.82, 2.24) is 24.9 Å². The van der Waals surface area contributed by atoms with Crippen LogP contribution in [0.15, 0.2) is 54.6 Å². The Kier molecular flexibility index (Phi) is 9.42. The molecule has 4 aromatic rings. The lowest BCUT2D eigenvalue weighted by Crippen LogP contribution is -2.37. The van der Waals surface area contributed by atoms with Gasteiger partial charge in [0.05, 0.1) is 36.3 Å². The van der Waals surface area contributed by atoms with Crippen molar-refractivity contribution in [3.05, 3.63) is 60.4 Å². The maximum atomic E-state index is 14.1. The molecule has 3 atom stereocenters. The van der Waals surface area contributed by atoms with Gasteiger partial charge in [0.15, 0.2) is 5.82 Å². The van der Waals surface area contributed by atoms with Crippen LogP contribution in [0.25, 0.3) is 21.9 Å². The van der Waals surface area contributed by atoms with Crippen molar-refractivity contribution in [3.8, 4) is 5.75 Å². The van der Waals surface area contributed by atoms with E-state index in [-0.39, 0.29) is 12.6 Å². The maximum Gasteiger partial charge on any atom is 0.459 e. The molecule has 40 heavy (non-hydrogen) atoms. The topological polar surface area (TPSA) is 143 Å². The van der Waals surface area contributed by atoms with Crippen molar-refractivity contribution in [1.29, 1.82) is 0 Å². The fourth-order valence-electron chi connectivity index (χ4n) is 4.32. The van der Waals surface area contributed by atoms with Gasteiger partial charge in [-0.15, -0.1) is 0 Å². The third kappa shape index (κ3) is 6.98. The van der Waals surface area contributed by atoms with E-state index in [0.29, 0.717) is 23.6 Å². The van der Waals surface area contributed by atoms with Crippen molar-refractivity contribution in [2.45, 2.75) is 66.0 Å². The Morgan fingerprint density at radius 3 is 2.45 bits per heavy atom. The van der Waals surface area contributed by atoms with Crippen LogP contribution in [0.2, 0.25) is 0 Å². The van der Waals surface area contributed by atoms with Gasteiger partial charge in [0.25, 0.3) is 0 Å². The third-order valence-corrected chi connectivity index (χ3v) is 7.80. The first-order valence-corrected chi connectivity index (χ1v) is 14.9. The lowest BCUT2D eigenvalue weighted by molar-refractivity contribution is -0.149. The highest BCUT2D eigenvalue weighted by Gasteiger charge is 2.35. The van der Waals surface area contributed by atoms with E-state index in [2.05, 4.69) is 15.4 Å². The van der Waals surface area contributed by atoms with Crippen LogP contribution in [0.5, 0.6) is 5.75 Å².